The number of hydrogen-bond acceptors (Lipinski definition) is 3. The highest BCUT2D eigenvalue weighted by molar-refractivity contribution is 7.80. The third-order valence-electron chi connectivity index (χ3n) is 5.60. The highest BCUT2D eigenvalue weighted by Crippen LogP contribution is 2.42. The summed E-state index contributed by atoms with van der Waals surface area (Å²) in [5, 5.41) is 4.22. The van der Waals surface area contributed by atoms with Crippen LogP contribution in [-0.4, -0.2) is 19.6 Å². The molecule has 6 heteroatoms. The summed E-state index contributed by atoms with van der Waals surface area (Å²) < 4.78 is 2.14. The second-order valence-corrected chi connectivity index (χ2v) is 8.22. The van der Waals surface area contributed by atoms with Crippen molar-refractivity contribution in [3.63, 3.8) is 0 Å². The van der Waals surface area contributed by atoms with Crippen molar-refractivity contribution in [1.82, 2.24) is 19.9 Å². The summed E-state index contributed by atoms with van der Waals surface area (Å²) in [6.45, 7) is 4.14. The number of aryl methyl sites for hydroxylation is 2. The van der Waals surface area contributed by atoms with E-state index in [1.165, 1.54) is 5.56 Å². The Hall–Kier alpha value is -3.51. The van der Waals surface area contributed by atoms with Crippen molar-refractivity contribution in [3.05, 3.63) is 108 Å². The Bertz CT molecular complexity index is 1220. The highest BCUT2D eigenvalue weighted by Gasteiger charge is 2.42. The second-order valence-electron chi connectivity index (χ2n) is 7.83. The lowest BCUT2D eigenvalue weighted by atomic mass is 10.0. The zero-order chi connectivity index (χ0) is 21.4. The van der Waals surface area contributed by atoms with Gasteiger partial charge in [-0.1, -0.05) is 24.3 Å². The molecule has 0 amide bonds. The highest BCUT2D eigenvalue weighted by atomic mass is 32.1. The van der Waals surface area contributed by atoms with Gasteiger partial charge in [-0.3, -0.25) is 4.98 Å². The Labute approximate surface area is 187 Å². The van der Waals surface area contributed by atoms with Gasteiger partial charge >= 0.3 is 0 Å². The molecule has 1 saturated heterocycles. The van der Waals surface area contributed by atoms with Gasteiger partial charge in [-0.25, -0.2) is 4.98 Å². The molecule has 31 heavy (non-hydrogen) atoms. The van der Waals surface area contributed by atoms with Crippen LogP contribution >= 0.6 is 12.2 Å². The number of hydrogen-bond donors (Lipinski definition) is 1. The first kappa shape index (κ1) is 19.5. The molecule has 0 radical (unpaired) electrons. The fraction of sp³-hybridized carbons (Fsp3) is 0.160. The molecule has 3 aromatic heterocycles. The third-order valence-corrected chi connectivity index (χ3v) is 5.92. The Kier molecular flexibility index (Phi) is 5.00. The van der Waals surface area contributed by atoms with E-state index in [9.17, 15) is 0 Å². The van der Waals surface area contributed by atoms with Gasteiger partial charge in [0.15, 0.2) is 5.11 Å². The van der Waals surface area contributed by atoms with Gasteiger partial charge in [-0.05, 0) is 79.7 Å². The Balaban J connectivity index is 1.67. The van der Waals surface area contributed by atoms with Crippen LogP contribution in [0.3, 0.4) is 0 Å². The predicted octanol–water partition coefficient (Wildman–Crippen LogP) is 5.06. The van der Waals surface area contributed by atoms with Crippen molar-refractivity contribution in [2.24, 2.45) is 0 Å². The van der Waals surface area contributed by atoms with Crippen LogP contribution in [0.1, 0.15) is 34.6 Å². The van der Waals surface area contributed by atoms with Crippen LogP contribution < -0.4 is 10.2 Å². The van der Waals surface area contributed by atoms with Gasteiger partial charge in [-0.15, -0.1) is 0 Å². The van der Waals surface area contributed by atoms with E-state index in [2.05, 4.69) is 80.3 Å². The maximum atomic E-state index is 5.83. The predicted molar refractivity (Wildman–Crippen MR) is 127 cm³/mol. The quantitative estimate of drug-likeness (QED) is 0.463. The van der Waals surface area contributed by atoms with Gasteiger partial charge in [0.05, 0.1) is 11.7 Å². The van der Waals surface area contributed by atoms with E-state index in [1.807, 2.05) is 43.6 Å². The minimum atomic E-state index is -0.0895. The Morgan fingerprint density at radius 1 is 0.903 bits per heavy atom. The molecule has 5 nitrogen and oxygen atoms in total. The molecule has 1 aliphatic heterocycles. The SMILES string of the molecule is Cc1ccc(-n2cccc2[C@@H]2[C@H](c3ccccn3)NC(=S)N2c2cccc(C)c2)nc1. The van der Waals surface area contributed by atoms with Gasteiger partial charge in [0.1, 0.15) is 11.9 Å². The summed E-state index contributed by atoms with van der Waals surface area (Å²) >= 11 is 5.83. The molecule has 5 rings (SSSR count). The van der Waals surface area contributed by atoms with Crippen LogP contribution in [0.4, 0.5) is 5.69 Å². The van der Waals surface area contributed by atoms with Crippen LogP contribution in [0, 0.1) is 13.8 Å². The number of thiocarbonyl (C=S) groups is 1. The van der Waals surface area contributed by atoms with Gasteiger partial charge < -0.3 is 14.8 Å². The van der Waals surface area contributed by atoms with E-state index in [-0.39, 0.29) is 12.1 Å². The average Bonchev–Trinajstić information content (AvgIpc) is 3.39. The molecule has 0 unspecified atom stereocenters. The van der Waals surface area contributed by atoms with E-state index in [1.54, 1.807) is 0 Å². The van der Waals surface area contributed by atoms with E-state index in [0.29, 0.717) is 5.11 Å². The fourth-order valence-corrected chi connectivity index (χ4v) is 4.50. The molecule has 4 aromatic rings. The number of anilines is 1. The number of nitrogens with one attached hydrogen (secondary N) is 1. The number of rotatable bonds is 4. The zero-order valence-electron chi connectivity index (χ0n) is 17.4. The summed E-state index contributed by atoms with van der Waals surface area (Å²) in [5.74, 6) is 0.882. The summed E-state index contributed by atoms with van der Waals surface area (Å²) in [7, 11) is 0. The molecular weight excluding hydrogens is 402 g/mol. The number of benzene rings is 1. The van der Waals surface area contributed by atoms with Crippen molar-refractivity contribution in [3.8, 4) is 5.82 Å². The molecular formula is C25H23N5S. The van der Waals surface area contributed by atoms with Crippen LogP contribution in [0.15, 0.2) is 85.3 Å². The van der Waals surface area contributed by atoms with Crippen LogP contribution in [0.5, 0.6) is 0 Å². The first-order chi connectivity index (χ1) is 15.1. The van der Waals surface area contributed by atoms with Crippen LogP contribution in [0.2, 0.25) is 0 Å². The normalized spacial score (nSPS) is 18.3. The number of pyridine rings is 2. The molecule has 0 aliphatic carbocycles. The fourth-order valence-electron chi connectivity index (χ4n) is 4.16. The summed E-state index contributed by atoms with van der Waals surface area (Å²) in [4.78, 5) is 11.5. The largest absolute Gasteiger partial charge is 0.351 e. The maximum absolute atomic E-state index is 5.83. The zero-order valence-corrected chi connectivity index (χ0v) is 18.3. The minimum absolute atomic E-state index is 0.0812. The van der Waals surface area contributed by atoms with E-state index in [4.69, 9.17) is 12.2 Å². The average molecular weight is 426 g/mol. The van der Waals surface area contributed by atoms with Crippen molar-refractivity contribution >= 4 is 23.0 Å². The lowest BCUT2D eigenvalue weighted by molar-refractivity contribution is 0.548. The molecule has 0 bridgehead atoms. The van der Waals surface area contributed by atoms with E-state index >= 15 is 0 Å². The van der Waals surface area contributed by atoms with E-state index < -0.39 is 0 Å². The second kappa shape index (κ2) is 7.96. The minimum Gasteiger partial charge on any atom is -0.351 e. The van der Waals surface area contributed by atoms with Gasteiger partial charge in [0, 0.05) is 30.0 Å². The van der Waals surface area contributed by atoms with Gasteiger partial charge in [-0.2, -0.15) is 0 Å². The molecule has 4 heterocycles. The maximum Gasteiger partial charge on any atom is 0.174 e. The standard InChI is InChI=1S/C25H23N5S/c1-17-7-5-8-19(15-17)30-24(23(28-25(30)31)20-9-3-4-13-26-20)21-10-6-14-29(21)22-12-11-18(2)16-27-22/h3-16,23-24H,1-2H3,(H,28,31)/t23-,24+/m0/s1. The van der Waals surface area contributed by atoms with E-state index in [0.717, 1.165) is 28.5 Å². The van der Waals surface area contributed by atoms with Gasteiger partial charge in [0.2, 0.25) is 0 Å². The molecule has 0 saturated carbocycles. The molecule has 0 spiro atoms. The van der Waals surface area contributed by atoms with Crippen molar-refractivity contribution in [2.75, 3.05) is 4.90 Å². The summed E-state index contributed by atoms with van der Waals surface area (Å²) in [6.07, 6.45) is 5.77. The molecule has 2 atom stereocenters. The number of aromatic nitrogens is 3. The molecule has 1 fully saturated rings. The Morgan fingerprint density at radius 2 is 1.81 bits per heavy atom. The topological polar surface area (TPSA) is 46.0 Å². The number of nitrogens with zero attached hydrogens (tertiary/aromatic N) is 4. The lowest BCUT2D eigenvalue weighted by Gasteiger charge is -2.29. The molecule has 1 aromatic carbocycles. The van der Waals surface area contributed by atoms with Gasteiger partial charge in [0.25, 0.3) is 0 Å². The smallest absolute Gasteiger partial charge is 0.174 e. The first-order valence-corrected chi connectivity index (χ1v) is 10.7. The van der Waals surface area contributed by atoms with Crippen molar-refractivity contribution < 1.29 is 0 Å². The molecule has 1 N–H and O–H groups in total. The first-order valence-electron chi connectivity index (χ1n) is 10.3. The van der Waals surface area contributed by atoms with Crippen molar-refractivity contribution in [2.45, 2.75) is 25.9 Å². The summed E-state index contributed by atoms with van der Waals surface area (Å²) in [6, 6.07) is 22.6. The molecule has 1 aliphatic rings. The van der Waals surface area contributed by atoms with Crippen molar-refractivity contribution in [1.29, 1.82) is 0 Å². The monoisotopic (exact) mass is 425 g/mol. The molecule has 154 valence electrons. The Morgan fingerprint density at radius 3 is 2.55 bits per heavy atom. The van der Waals surface area contributed by atoms with Crippen LogP contribution in [0.25, 0.3) is 5.82 Å². The third kappa shape index (κ3) is 3.59. The lowest BCUT2D eigenvalue weighted by Crippen LogP contribution is -2.30. The van der Waals surface area contributed by atoms with Crippen LogP contribution in [-0.2, 0) is 0 Å². The summed E-state index contributed by atoms with van der Waals surface area (Å²) in [5.41, 5.74) is 5.44.